The van der Waals surface area contributed by atoms with Crippen molar-refractivity contribution in [1.29, 1.82) is 5.41 Å². The standard InChI is InChI=1S/C62H90N13O14P/c1-29-20-39-40(21-30(29)2)75(28-70-39)57-52(84)53(41(27-76)87-57)89-90(85,86)88-31(3)26-69-49(83)18-19-59(8)37(22-46(66)80)56-62(11)61(10,25-48(68)82)36(14-17-45(65)79)51(74-62)33(5)55-60(9,24-47(67)81)34(12-15-43(63)77)38(71-55)23-42-58(6,7)35(13-16-44(64)78)50(72-42)32(4)54(59)73-56/h20-21,23,28,31,34-37,41,52-53,56-57,71,76,84H,12-19,22,24-27H2,1-11H3,(H2,63,77)(H2,64,78)(H2,65,79)(H2,66,80)(H2,67,81)(H2,68,82)(H,69,83)(H,85,86)/p-1/b38-23-,50-32-,55-33?/t31-,34-,35-,36-,37+,41-,52-,53?,56+,57+,59-,60+,61+,62-/m1/s1. The number of nitrogens with one attached hydrogen (secondary N) is 3. The summed E-state index contributed by atoms with van der Waals surface area (Å²) in [5.41, 5.74) is 31.3. The number of benzene rings is 1. The minimum absolute atomic E-state index is 0.0165. The van der Waals surface area contributed by atoms with Gasteiger partial charge in [-0.1, -0.05) is 34.6 Å². The van der Waals surface area contributed by atoms with Crippen molar-refractivity contribution in [2.75, 3.05) is 13.2 Å². The number of allylic oxidation sites excluding steroid dienone is 6. The minimum atomic E-state index is -5.07. The van der Waals surface area contributed by atoms with Crippen LogP contribution in [0.3, 0.4) is 0 Å². The lowest BCUT2D eigenvalue weighted by Crippen LogP contribution is -2.56. The topological polar surface area (TPSA) is 464 Å². The van der Waals surface area contributed by atoms with Gasteiger partial charge in [0.25, 0.3) is 0 Å². The summed E-state index contributed by atoms with van der Waals surface area (Å²) in [6.45, 7) is 19.2. The number of primary amides is 5. The van der Waals surface area contributed by atoms with E-state index in [4.69, 9.17) is 62.8 Å². The van der Waals surface area contributed by atoms with E-state index in [2.05, 4.69) is 15.6 Å². The molecule has 2 fully saturated rings. The molecule has 90 heavy (non-hydrogen) atoms. The molecule has 16 N–H and O–H groups in total. The van der Waals surface area contributed by atoms with Crippen molar-refractivity contribution >= 4 is 77.3 Å². The van der Waals surface area contributed by atoms with E-state index in [-0.39, 0.29) is 77.2 Å². The van der Waals surface area contributed by atoms with Gasteiger partial charge < -0.3 is 74.2 Å². The number of ether oxygens (including phenoxy) is 1. The first-order chi connectivity index (χ1) is 41.8. The van der Waals surface area contributed by atoms with E-state index in [1.165, 1.54) is 13.3 Å². The molecule has 7 heterocycles. The van der Waals surface area contributed by atoms with Crippen LogP contribution >= 0.6 is 7.82 Å². The van der Waals surface area contributed by atoms with E-state index in [9.17, 15) is 53.5 Å². The fourth-order valence-corrected chi connectivity index (χ4v) is 16.6. The number of aromatic nitrogens is 2. The summed E-state index contributed by atoms with van der Waals surface area (Å²) in [4.78, 5) is 113. The van der Waals surface area contributed by atoms with Gasteiger partial charge in [-0.3, -0.25) is 52.8 Å². The summed E-state index contributed by atoms with van der Waals surface area (Å²) >= 11 is 0. The molecule has 2 saturated heterocycles. The monoisotopic (exact) mass is 1270 g/mol. The summed E-state index contributed by atoms with van der Waals surface area (Å²) in [6.07, 6.45) is -4.54. The van der Waals surface area contributed by atoms with Crippen LogP contribution in [-0.2, 0) is 47.1 Å². The normalized spacial score (nSPS) is 33.4. The van der Waals surface area contributed by atoms with E-state index in [1.54, 1.807) is 11.5 Å². The van der Waals surface area contributed by atoms with E-state index in [1.807, 2.05) is 80.5 Å². The molecule has 0 spiro atoms. The molecule has 1 aromatic carbocycles. The highest BCUT2D eigenvalue weighted by atomic mass is 31.2. The van der Waals surface area contributed by atoms with Crippen molar-refractivity contribution in [2.24, 2.45) is 89.0 Å². The zero-order valence-corrected chi connectivity index (χ0v) is 54.1. The maximum absolute atomic E-state index is 14.4. The number of amides is 6. The van der Waals surface area contributed by atoms with Crippen LogP contribution in [0.2, 0.25) is 0 Å². The van der Waals surface area contributed by atoms with E-state index < -0.39 is 143 Å². The number of phosphoric acid groups is 1. The van der Waals surface area contributed by atoms with Crippen LogP contribution in [-0.4, -0.2) is 132 Å². The lowest BCUT2D eigenvalue weighted by atomic mass is 9.55. The Balaban J connectivity index is 1.19. The summed E-state index contributed by atoms with van der Waals surface area (Å²) in [7, 11) is -5.07. The molecule has 2 unspecified atom stereocenters. The second-order valence-electron chi connectivity index (χ2n) is 27.0. The smallest absolute Gasteiger partial charge is 0.472 e. The van der Waals surface area contributed by atoms with E-state index >= 15 is 0 Å². The molecule has 15 atom stereocenters. The maximum Gasteiger partial charge on any atom is 0.472 e. The Labute approximate surface area is 523 Å². The molecule has 8 bridgehead atoms. The largest absolute Gasteiger partial charge is 0.862 e. The van der Waals surface area contributed by atoms with Gasteiger partial charge in [-0.25, -0.2) is 9.55 Å². The number of imidazole rings is 1. The van der Waals surface area contributed by atoms with Gasteiger partial charge in [0.05, 0.1) is 41.7 Å². The number of carbonyl (C=O) groups excluding carboxylic acids is 6. The van der Waals surface area contributed by atoms with Crippen LogP contribution < -0.4 is 44.4 Å². The van der Waals surface area contributed by atoms with Gasteiger partial charge >= 0.3 is 7.82 Å². The van der Waals surface area contributed by atoms with Crippen LogP contribution in [0.1, 0.15) is 150 Å². The van der Waals surface area contributed by atoms with Crippen molar-refractivity contribution in [3.8, 4) is 0 Å². The molecule has 0 radical (unpaired) electrons. The number of nitrogens with two attached hydrogens (primary N) is 5. The van der Waals surface area contributed by atoms with Gasteiger partial charge in [0.1, 0.15) is 18.3 Å². The quantitative estimate of drug-likeness (QED) is 0.0366. The van der Waals surface area contributed by atoms with Gasteiger partial charge in [0.2, 0.25) is 35.4 Å². The van der Waals surface area contributed by atoms with Crippen molar-refractivity contribution < 1.29 is 67.3 Å². The third-order valence-electron chi connectivity index (χ3n) is 20.6. The Bertz CT molecular complexity index is 3540. The maximum atomic E-state index is 14.4. The highest BCUT2D eigenvalue weighted by Crippen LogP contribution is 2.63. The Morgan fingerprint density at radius 2 is 1.48 bits per heavy atom. The summed E-state index contributed by atoms with van der Waals surface area (Å²) in [5, 5.41) is 48.7. The lowest BCUT2D eigenvalue weighted by Gasteiger charge is -2.48. The number of hydrogen-bond donors (Lipinski definition) is 11. The van der Waals surface area contributed by atoms with Crippen LogP contribution in [0.4, 0.5) is 0 Å². The molecule has 1 aromatic heterocycles. The van der Waals surface area contributed by atoms with Crippen molar-refractivity contribution in [3.05, 3.63) is 63.9 Å². The molecule has 492 valence electrons. The highest BCUT2D eigenvalue weighted by molar-refractivity contribution is 7.47. The van der Waals surface area contributed by atoms with Crippen molar-refractivity contribution in [1.82, 2.24) is 20.2 Å². The molecule has 2 aromatic rings. The van der Waals surface area contributed by atoms with Gasteiger partial charge in [0.15, 0.2) is 6.23 Å². The Kier molecular flexibility index (Phi) is 19.6. The zero-order valence-electron chi connectivity index (χ0n) is 53.2. The van der Waals surface area contributed by atoms with Gasteiger partial charge in [-0.2, -0.15) is 0 Å². The van der Waals surface area contributed by atoms with Gasteiger partial charge in [-0.05, 0) is 120 Å². The molecule has 0 aliphatic carbocycles. The number of hydrogen-bond acceptors (Lipinski definition) is 19. The Hall–Kier alpha value is -7.00. The van der Waals surface area contributed by atoms with E-state index in [0.717, 1.165) is 11.1 Å². The second kappa shape index (κ2) is 25.6. The zero-order chi connectivity index (χ0) is 66.7. The second-order valence-corrected chi connectivity index (χ2v) is 28.4. The number of aliphatic imine (C=N–C) groups is 3. The number of nitrogens with zero attached hydrogens (tertiary/aromatic N) is 5. The first-order valence-corrected chi connectivity index (χ1v) is 32.0. The van der Waals surface area contributed by atoms with Crippen LogP contribution in [0, 0.1) is 64.6 Å². The Morgan fingerprint density at radius 1 is 0.856 bits per heavy atom. The van der Waals surface area contributed by atoms with Gasteiger partial charge in [0, 0.05) is 125 Å². The fourth-order valence-electron chi connectivity index (χ4n) is 15.4. The first-order valence-electron chi connectivity index (χ1n) is 30.5. The molecule has 27 nitrogen and oxygen atoms in total. The number of rotatable bonds is 26. The predicted molar refractivity (Wildman–Crippen MR) is 332 cm³/mol. The highest BCUT2D eigenvalue weighted by Gasteiger charge is 2.66. The Morgan fingerprint density at radius 3 is 2.08 bits per heavy atom. The first kappa shape index (κ1) is 68.9. The molecular weight excluding hydrogens is 1180 g/mol. The van der Waals surface area contributed by atoms with Crippen LogP contribution in [0.25, 0.3) is 11.0 Å². The lowest BCUT2D eigenvalue weighted by molar-refractivity contribution is -0.220. The summed E-state index contributed by atoms with van der Waals surface area (Å²) in [6, 6.07) is 2.69. The SMILES string of the molecule is CC1=C2N/C(=C\C3=NC(=C(/C)C4=N[C@@H]([C@H](CC(N)=O)[C@@]4(C)CCC(=O)NC[C@@H](C)OP(=O)(O)OC4[C@@H](O)[C@@H](n5cnc6cc(C)c(C)cc65)O[C@@H]4CO)[C@@]4(C)N=C1[C@@H](CCC(N)=O)[C@]4(C)CC(N)=O)/[C@@H](CCC(N)=O)C3(C)C)[C@@H](CCC(=N)[O-])[C@]2(C)CC(N)=O. The molecule has 6 aliphatic heterocycles. The number of carbonyl (C=O) groups is 6. The average molecular weight is 1270 g/mol. The average Bonchev–Trinajstić information content (AvgIpc) is 1.53. The molecule has 8 rings (SSSR count). The van der Waals surface area contributed by atoms with E-state index in [0.29, 0.717) is 56.4 Å². The number of aliphatic hydroxyl groups excluding tert-OH is 2. The predicted octanol–water partition coefficient (Wildman–Crippen LogP) is 3.02. The molecular formula is C62H89N13O14P-. The fraction of sp³-hybridized carbons (Fsp3) is 0.629. The summed E-state index contributed by atoms with van der Waals surface area (Å²) in [5.74, 6) is -7.54. The van der Waals surface area contributed by atoms with Crippen LogP contribution in [0.15, 0.2) is 67.8 Å². The van der Waals surface area contributed by atoms with Crippen molar-refractivity contribution in [3.63, 3.8) is 0 Å². The molecule has 0 saturated carbocycles. The number of fused-ring (bicyclic) bond motifs is 7. The third kappa shape index (κ3) is 13.0. The molecule has 6 aliphatic rings. The van der Waals surface area contributed by atoms with Crippen molar-refractivity contribution in [2.45, 2.75) is 189 Å². The van der Waals surface area contributed by atoms with Gasteiger partial charge in [-0.15, -0.1) is 0 Å². The third-order valence-corrected chi connectivity index (χ3v) is 21.7. The number of aliphatic hydroxyl groups is 2. The molecule has 28 heteroatoms. The number of phosphoric ester groups is 1. The minimum Gasteiger partial charge on any atom is -0.862 e. The number of aryl methyl sites for hydroxylation is 2. The summed E-state index contributed by atoms with van der Waals surface area (Å²) < 4.78 is 32.3. The molecule has 6 amide bonds. The van der Waals surface area contributed by atoms with Crippen LogP contribution in [0.5, 0.6) is 0 Å².